The van der Waals surface area contributed by atoms with E-state index in [0.717, 1.165) is 62.5 Å². The summed E-state index contributed by atoms with van der Waals surface area (Å²) in [6.07, 6.45) is 2.53. The molecule has 0 unspecified atom stereocenters. The number of nitrogens with one attached hydrogen (secondary N) is 1. The first-order valence-electron chi connectivity index (χ1n) is 9.74. The van der Waals surface area contributed by atoms with Crippen molar-refractivity contribution >= 4 is 23.3 Å². The van der Waals surface area contributed by atoms with E-state index >= 15 is 0 Å². The lowest BCUT2D eigenvalue weighted by Crippen LogP contribution is -2.39. The van der Waals surface area contributed by atoms with Crippen molar-refractivity contribution in [3.05, 3.63) is 23.8 Å². The summed E-state index contributed by atoms with van der Waals surface area (Å²) >= 11 is 0. The molecule has 1 N–H and O–H groups in total. The minimum atomic E-state index is -0.0485. The summed E-state index contributed by atoms with van der Waals surface area (Å²) in [4.78, 5) is 30.8. The molecule has 2 heterocycles. The van der Waals surface area contributed by atoms with Crippen LogP contribution in [0.2, 0.25) is 0 Å². The van der Waals surface area contributed by atoms with E-state index in [1.165, 1.54) is 0 Å². The Morgan fingerprint density at radius 3 is 2.69 bits per heavy atom. The van der Waals surface area contributed by atoms with E-state index in [1.807, 2.05) is 30.0 Å². The van der Waals surface area contributed by atoms with E-state index in [0.29, 0.717) is 12.5 Å². The first-order valence-corrected chi connectivity index (χ1v) is 9.74. The van der Waals surface area contributed by atoms with Gasteiger partial charge in [0.05, 0.1) is 0 Å². The van der Waals surface area contributed by atoms with Gasteiger partial charge in [-0.3, -0.25) is 9.69 Å². The van der Waals surface area contributed by atoms with E-state index in [2.05, 4.69) is 24.1 Å². The minimum absolute atomic E-state index is 0.0485. The molecule has 6 heteroatoms. The zero-order chi connectivity index (χ0) is 18.7. The Bertz CT molecular complexity index is 672. The summed E-state index contributed by atoms with van der Waals surface area (Å²) in [5.41, 5.74) is 2.67. The van der Waals surface area contributed by atoms with Gasteiger partial charge in [0.2, 0.25) is 5.91 Å². The molecular formula is C20H30N4O2. The molecule has 3 amide bonds. The van der Waals surface area contributed by atoms with Crippen LogP contribution in [0.15, 0.2) is 18.2 Å². The first-order chi connectivity index (χ1) is 12.5. The zero-order valence-corrected chi connectivity index (χ0v) is 16.1. The largest absolute Gasteiger partial charge is 0.323 e. The number of likely N-dealkylation sites (N-methyl/N-ethyl adjacent to an activating group) is 1. The number of aryl methyl sites for hydroxylation is 1. The van der Waals surface area contributed by atoms with Gasteiger partial charge in [0.15, 0.2) is 0 Å². The Kier molecular flexibility index (Phi) is 5.81. The number of nitrogens with zero attached hydrogens (tertiary/aromatic N) is 3. The number of hydrogen-bond acceptors (Lipinski definition) is 3. The zero-order valence-electron chi connectivity index (χ0n) is 16.1. The van der Waals surface area contributed by atoms with Crippen LogP contribution >= 0.6 is 0 Å². The van der Waals surface area contributed by atoms with E-state index in [4.69, 9.17) is 0 Å². The van der Waals surface area contributed by atoms with Crippen LogP contribution in [0.25, 0.3) is 0 Å². The van der Waals surface area contributed by atoms with E-state index in [1.54, 1.807) is 4.90 Å². The summed E-state index contributed by atoms with van der Waals surface area (Å²) in [5.74, 6) is 0.160. The van der Waals surface area contributed by atoms with E-state index < -0.39 is 0 Å². The highest BCUT2D eigenvalue weighted by Gasteiger charge is 2.29. The van der Waals surface area contributed by atoms with Crippen molar-refractivity contribution in [2.24, 2.45) is 0 Å². The lowest BCUT2D eigenvalue weighted by atomic mass is 10.1. The maximum Gasteiger partial charge on any atom is 0.321 e. The average Bonchev–Trinajstić information content (AvgIpc) is 3.27. The summed E-state index contributed by atoms with van der Waals surface area (Å²) in [6, 6.07) is 6.26. The Balaban J connectivity index is 1.67. The van der Waals surface area contributed by atoms with Gasteiger partial charge in [0.1, 0.15) is 0 Å². The molecule has 0 aromatic heterocycles. The Morgan fingerprint density at radius 1 is 1.27 bits per heavy atom. The van der Waals surface area contributed by atoms with Crippen molar-refractivity contribution in [1.82, 2.24) is 9.80 Å². The Morgan fingerprint density at radius 2 is 2.04 bits per heavy atom. The quantitative estimate of drug-likeness (QED) is 0.880. The highest BCUT2D eigenvalue weighted by molar-refractivity contribution is 5.97. The number of amides is 3. The smallest absolute Gasteiger partial charge is 0.321 e. The molecule has 0 spiro atoms. The summed E-state index contributed by atoms with van der Waals surface area (Å²) in [6.45, 7) is 10.7. The fourth-order valence-electron chi connectivity index (χ4n) is 3.99. The topological polar surface area (TPSA) is 55.9 Å². The van der Waals surface area contributed by atoms with Crippen molar-refractivity contribution in [3.63, 3.8) is 0 Å². The lowest BCUT2D eigenvalue weighted by Gasteiger charge is -2.26. The van der Waals surface area contributed by atoms with Gasteiger partial charge in [-0.05, 0) is 50.6 Å². The predicted molar refractivity (Wildman–Crippen MR) is 105 cm³/mol. The molecule has 1 aromatic rings. The molecule has 0 radical (unpaired) electrons. The molecule has 1 aromatic carbocycles. The highest BCUT2D eigenvalue weighted by Crippen LogP contribution is 2.27. The molecule has 1 atom stereocenters. The molecule has 0 bridgehead atoms. The van der Waals surface area contributed by atoms with Gasteiger partial charge >= 0.3 is 6.03 Å². The van der Waals surface area contributed by atoms with Gasteiger partial charge in [-0.2, -0.15) is 0 Å². The normalized spacial score (nSPS) is 20.3. The molecule has 6 nitrogen and oxygen atoms in total. The van der Waals surface area contributed by atoms with Crippen LogP contribution in [-0.2, 0) is 4.79 Å². The van der Waals surface area contributed by atoms with Crippen LogP contribution in [0.5, 0.6) is 0 Å². The SMILES string of the molecule is CCN(CC)[C@H]1CCN(C(=O)Nc2cc(N3CCCC3=O)ccc2C)C1. The monoisotopic (exact) mass is 358 g/mol. The molecule has 2 saturated heterocycles. The number of carbonyl (C=O) groups is 2. The van der Waals surface area contributed by atoms with Crippen LogP contribution in [0, 0.1) is 6.92 Å². The Labute approximate surface area is 156 Å². The second-order valence-electron chi connectivity index (χ2n) is 7.19. The summed E-state index contributed by atoms with van der Waals surface area (Å²) in [5, 5.41) is 3.06. The number of carbonyl (C=O) groups excluding carboxylic acids is 2. The van der Waals surface area contributed by atoms with Crippen LogP contribution < -0.4 is 10.2 Å². The molecule has 26 heavy (non-hydrogen) atoms. The third kappa shape index (κ3) is 3.85. The van der Waals surface area contributed by atoms with Crippen LogP contribution in [0.3, 0.4) is 0 Å². The standard InChI is InChI=1S/C20H30N4O2/c1-4-22(5-2)17-10-12-23(14-17)20(26)21-18-13-16(9-8-15(18)3)24-11-6-7-19(24)25/h8-9,13,17H,4-7,10-12,14H2,1-3H3,(H,21,26)/t17-/m0/s1. The number of benzene rings is 1. The number of anilines is 2. The number of likely N-dealkylation sites (tertiary alicyclic amines) is 1. The van der Waals surface area contributed by atoms with Gasteiger partial charge < -0.3 is 15.1 Å². The van der Waals surface area contributed by atoms with Crippen molar-refractivity contribution in [1.29, 1.82) is 0 Å². The molecular weight excluding hydrogens is 328 g/mol. The van der Waals surface area contributed by atoms with Crippen molar-refractivity contribution in [2.45, 2.75) is 46.1 Å². The fourth-order valence-corrected chi connectivity index (χ4v) is 3.99. The maximum absolute atomic E-state index is 12.7. The first kappa shape index (κ1) is 18.7. The number of hydrogen-bond donors (Lipinski definition) is 1. The van der Waals surface area contributed by atoms with Gasteiger partial charge in [0, 0.05) is 43.5 Å². The van der Waals surface area contributed by atoms with Gasteiger partial charge in [-0.1, -0.05) is 19.9 Å². The summed E-state index contributed by atoms with van der Waals surface area (Å²) in [7, 11) is 0. The van der Waals surface area contributed by atoms with Crippen molar-refractivity contribution in [2.75, 3.05) is 42.9 Å². The maximum atomic E-state index is 12.7. The third-order valence-corrected chi connectivity index (χ3v) is 5.63. The van der Waals surface area contributed by atoms with Gasteiger partial charge in [-0.15, -0.1) is 0 Å². The Hall–Kier alpha value is -2.08. The van der Waals surface area contributed by atoms with Crippen molar-refractivity contribution in [3.8, 4) is 0 Å². The third-order valence-electron chi connectivity index (χ3n) is 5.63. The van der Waals surface area contributed by atoms with E-state index in [-0.39, 0.29) is 11.9 Å². The number of rotatable bonds is 5. The van der Waals surface area contributed by atoms with E-state index in [9.17, 15) is 9.59 Å². The molecule has 2 fully saturated rings. The average molecular weight is 358 g/mol. The van der Waals surface area contributed by atoms with Crippen LogP contribution in [0.4, 0.5) is 16.2 Å². The molecule has 2 aliphatic heterocycles. The molecule has 142 valence electrons. The predicted octanol–water partition coefficient (Wildman–Crippen LogP) is 3.07. The van der Waals surface area contributed by atoms with Crippen LogP contribution in [-0.4, -0.2) is 60.5 Å². The fraction of sp³-hybridized carbons (Fsp3) is 0.600. The van der Waals surface area contributed by atoms with Gasteiger partial charge in [0.25, 0.3) is 0 Å². The minimum Gasteiger partial charge on any atom is -0.323 e. The summed E-state index contributed by atoms with van der Waals surface area (Å²) < 4.78 is 0. The molecule has 3 rings (SSSR count). The number of urea groups is 1. The van der Waals surface area contributed by atoms with Crippen LogP contribution in [0.1, 0.15) is 38.7 Å². The van der Waals surface area contributed by atoms with Gasteiger partial charge in [-0.25, -0.2) is 4.79 Å². The second kappa shape index (κ2) is 8.08. The highest BCUT2D eigenvalue weighted by atomic mass is 16.2. The second-order valence-corrected chi connectivity index (χ2v) is 7.19. The van der Waals surface area contributed by atoms with Crippen molar-refractivity contribution < 1.29 is 9.59 Å². The molecule has 2 aliphatic rings. The molecule has 0 aliphatic carbocycles. The molecule has 0 saturated carbocycles. The lowest BCUT2D eigenvalue weighted by molar-refractivity contribution is -0.117.